The minimum Gasteiger partial charge on any atom is -0.489 e. The molecule has 8 heteroatoms. The van der Waals surface area contributed by atoms with Crippen molar-refractivity contribution in [1.29, 1.82) is 0 Å². The monoisotopic (exact) mass is 376 g/mol. The number of benzene rings is 1. The third-order valence-electron chi connectivity index (χ3n) is 4.06. The summed E-state index contributed by atoms with van der Waals surface area (Å²) in [7, 11) is 1.53. The topological polar surface area (TPSA) is 79.8 Å². The van der Waals surface area contributed by atoms with E-state index in [1.807, 2.05) is 0 Å². The standard InChI is InChI=1S/C16H22Cl2N2O4/c1-23-16(5-7-19-8-6-16)15(22)20-9-11(21)10-24-13-4-2-3-12(17)14(13)18/h2-4,11,19,21H,5-10H2,1H3,(H,20,22). The number of carbonyl (C=O) groups is 1. The summed E-state index contributed by atoms with van der Waals surface area (Å²) in [6.45, 7) is 1.50. The lowest BCUT2D eigenvalue weighted by molar-refractivity contribution is -0.147. The molecule has 1 fully saturated rings. The van der Waals surface area contributed by atoms with E-state index in [2.05, 4.69) is 10.6 Å². The molecule has 0 radical (unpaired) electrons. The molecule has 1 aliphatic rings. The van der Waals surface area contributed by atoms with Gasteiger partial charge in [0.25, 0.3) is 5.91 Å². The van der Waals surface area contributed by atoms with E-state index in [0.29, 0.717) is 28.6 Å². The number of ether oxygens (including phenoxy) is 2. The average molecular weight is 377 g/mol. The van der Waals surface area contributed by atoms with Gasteiger partial charge in [-0.3, -0.25) is 4.79 Å². The van der Waals surface area contributed by atoms with E-state index in [0.717, 1.165) is 13.1 Å². The number of hydrogen-bond acceptors (Lipinski definition) is 5. The van der Waals surface area contributed by atoms with E-state index in [1.165, 1.54) is 7.11 Å². The van der Waals surface area contributed by atoms with E-state index in [9.17, 15) is 9.90 Å². The van der Waals surface area contributed by atoms with Crippen LogP contribution in [0.2, 0.25) is 10.0 Å². The number of aliphatic hydroxyl groups excluding tert-OH is 1. The van der Waals surface area contributed by atoms with Crippen LogP contribution in [-0.4, -0.2) is 56.1 Å². The van der Waals surface area contributed by atoms with Crippen LogP contribution in [0.1, 0.15) is 12.8 Å². The van der Waals surface area contributed by atoms with Gasteiger partial charge < -0.3 is 25.2 Å². The smallest absolute Gasteiger partial charge is 0.252 e. The van der Waals surface area contributed by atoms with Gasteiger partial charge in [-0.1, -0.05) is 29.3 Å². The summed E-state index contributed by atoms with van der Waals surface area (Å²) in [6.07, 6.45) is 0.319. The highest BCUT2D eigenvalue weighted by molar-refractivity contribution is 6.42. The highest BCUT2D eigenvalue weighted by Crippen LogP contribution is 2.31. The van der Waals surface area contributed by atoms with E-state index in [4.69, 9.17) is 32.7 Å². The predicted molar refractivity (Wildman–Crippen MR) is 92.8 cm³/mol. The first-order valence-electron chi connectivity index (χ1n) is 7.77. The maximum absolute atomic E-state index is 12.4. The Bertz CT molecular complexity index is 565. The zero-order valence-electron chi connectivity index (χ0n) is 13.5. The largest absolute Gasteiger partial charge is 0.489 e. The molecule has 1 aromatic rings. The number of methoxy groups -OCH3 is 1. The Balaban J connectivity index is 1.81. The van der Waals surface area contributed by atoms with Crippen LogP contribution in [-0.2, 0) is 9.53 Å². The molecular formula is C16H22Cl2N2O4. The number of aliphatic hydroxyl groups is 1. The summed E-state index contributed by atoms with van der Waals surface area (Å²) in [5.41, 5.74) is -0.831. The Kier molecular flexibility index (Phi) is 7.13. The number of amides is 1. The summed E-state index contributed by atoms with van der Waals surface area (Å²) in [4.78, 5) is 12.4. The Morgan fingerprint density at radius 2 is 2.12 bits per heavy atom. The summed E-state index contributed by atoms with van der Waals surface area (Å²) >= 11 is 11.9. The fourth-order valence-corrected chi connectivity index (χ4v) is 2.91. The third kappa shape index (κ3) is 4.74. The van der Waals surface area contributed by atoms with Crippen molar-refractivity contribution in [1.82, 2.24) is 10.6 Å². The first kappa shape index (κ1) is 19.3. The van der Waals surface area contributed by atoms with Crippen LogP contribution in [0.3, 0.4) is 0 Å². The lowest BCUT2D eigenvalue weighted by Gasteiger charge is -2.35. The van der Waals surface area contributed by atoms with Gasteiger partial charge in [0.2, 0.25) is 0 Å². The molecule has 24 heavy (non-hydrogen) atoms. The average Bonchev–Trinajstić information content (AvgIpc) is 2.61. The second-order valence-corrected chi connectivity index (χ2v) is 6.46. The van der Waals surface area contributed by atoms with Crippen molar-refractivity contribution in [2.45, 2.75) is 24.5 Å². The van der Waals surface area contributed by atoms with E-state index in [1.54, 1.807) is 18.2 Å². The maximum atomic E-state index is 12.4. The van der Waals surface area contributed by atoms with Crippen molar-refractivity contribution < 1.29 is 19.4 Å². The quantitative estimate of drug-likeness (QED) is 0.673. The van der Waals surface area contributed by atoms with Crippen molar-refractivity contribution >= 4 is 29.1 Å². The van der Waals surface area contributed by atoms with Gasteiger partial charge in [-0.05, 0) is 38.1 Å². The van der Waals surface area contributed by atoms with Crippen molar-refractivity contribution in [3.05, 3.63) is 28.2 Å². The molecular weight excluding hydrogens is 355 g/mol. The number of piperidine rings is 1. The van der Waals surface area contributed by atoms with Crippen molar-refractivity contribution in [2.24, 2.45) is 0 Å². The second kappa shape index (κ2) is 8.87. The molecule has 1 heterocycles. The number of rotatable bonds is 7. The molecule has 1 amide bonds. The first-order chi connectivity index (χ1) is 11.5. The van der Waals surface area contributed by atoms with Crippen LogP contribution < -0.4 is 15.4 Å². The molecule has 0 aliphatic carbocycles. The lowest BCUT2D eigenvalue weighted by Crippen LogP contribution is -2.55. The van der Waals surface area contributed by atoms with E-state index in [-0.39, 0.29) is 19.1 Å². The van der Waals surface area contributed by atoms with Crippen molar-refractivity contribution in [3.8, 4) is 5.75 Å². The first-order valence-corrected chi connectivity index (χ1v) is 8.53. The molecule has 0 aromatic heterocycles. The van der Waals surface area contributed by atoms with E-state index < -0.39 is 11.7 Å². The van der Waals surface area contributed by atoms with E-state index >= 15 is 0 Å². The summed E-state index contributed by atoms with van der Waals surface area (Å²) in [6, 6.07) is 5.02. The molecule has 1 atom stereocenters. The molecule has 2 rings (SSSR count). The summed E-state index contributed by atoms with van der Waals surface area (Å²) < 4.78 is 10.9. The van der Waals surface area contributed by atoms with Crippen molar-refractivity contribution in [3.63, 3.8) is 0 Å². The molecule has 1 aromatic carbocycles. The molecule has 134 valence electrons. The number of hydrogen-bond donors (Lipinski definition) is 3. The zero-order chi connectivity index (χ0) is 17.6. The maximum Gasteiger partial charge on any atom is 0.252 e. The lowest BCUT2D eigenvalue weighted by atomic mass is 9.91. The Hall–Kier alpha value is -1.05. The second-order valence-electron chi connectivity index (χ2n) is 5.68. The normalized spacial score (nSPS) is 18.0. The molecule has 0 bridgehead atoms. The number of carbonyl (C=O) groups excluding carboxylic acids is 1. The number of nitrogens with one attached hydrogen (secondary N) is 2. The SMILES string of the molecule is COC1(C(=O)NCC(O)COc2cccc(Cl)c2Cl)CCNCC1. The Morgan fingerprint density at radius 3 is 2.79 bits per heavy atom. The summed E-state index contributed by atoms with van der Waals surface area (Å²) in [5, 5.41) is 16.6. The van der Waals surface area contributed by atoms with Gasteiger partial charge >= 0.3 is 0 Å². The van der Waals surface area contributed by atoms with Crippen LogP contribution in [0.5, 0.6) is 5.75 Å². The minimum atomic E-state index is -0.875. The predicted octanol–water partition coefficient (Wildman–Crippen LogP) is 1.62. The highest BCUT2D eigenvalue weighted by atomic mass is 35.5. The molecule has 0 saturated carbocycles. The Morgan fingerprint density at radius 1 is 1.42 bits per heavy atom. The molecule has 1 unspecified atom stereocenters. The number of halogens is 2. The zero-order valence-corrected chi connectivity index (χ0v) is 15.0. The molecule has 3 N–H and O–H groups in total. The molecule has 1 aliphatic heterocycles. The third-order valence-corrected chi connectivity index (χ3v) is 4.86. The molecule has 1 saturated heterocycles. The van der Waals surface area contributed by atoms with Gasteiger partial charge in [-0.15, -0.1) is 0 Å². The van der Waals surface area contributed by atoms with Gasteiger partial charge in [0, 0.05) is 13.7 Å². The van der Waals surface area contributed by atoms with Crippen LogP contribution >= 0.6 is 23.2 Å². The van der Waals surface area contributed by atoms with Gasteiger partial charge in [-0.2, -0.15) is 0 Å². The molecule has 0 spiro atoms. The van der Waals surface area contributed by atoms with Gasteiger partial charge in [0.15, 0.2) is 0 Å². The minimum absolute atomic E-state index is 0.0120. The van der Waals surface area contributed by atoms with Gasteiger partial charge in [0.1, 0.15) is 29.1 Å². The van der Waals surface area contributed by atoms with Crippen LogP contribution in [0.25, 0.3) is 0 Å². The van der Waals surface area contributed by atoms with Crippen LogP contribution in [0, 0.1) is 0 Å². The van der Waals surface area contributed by atoms with Crippen LogP contribution in [0.15, 0.2) is 18.2 Å². The van der Waals surface area contributed by atoms with Gasteiger partial charge in [0.05, 0.1) is 5.02 Å². The fraction of sp³-hybridized carbons (Fsp3) is 0.562. The summed E-state index contributed by atoms with van der Waals surface area (Å²) in [5.74, 6) is 0.174. The Labute approximate surface area is 151 Å². The highest BCUT2D eigenvalue weighted by Gasteiger charge is 2.39. The van der Waals surface area contributed by atoms with Crippen LogP contribution in [0.4, 0.5) is 0 Å². The van der Waals surface area contributed by atoms with Crippen molar-refractivity contribution in [2.75, 3.05) is 33.4 Å². The molecule has 6 nitrogen and oxygen atoms in total. The van der Waals surface area contributed by atoms with Gasteiger partial charge in [-0.25, -0.2) is 0 Å². The fourth-order valence-electron chi connectivity index (χ4n) is 2.57.